The van der Waals surface area contributed by atoms with Crippen molar-refractivity contribution < 1.29 is 4.39 Å². The van der Waals surface area contributed by atoms with E-state index in [0.29, 0.717) is 19.0 Å². The third kappa shape index (κ3) is 1.13. The molecule has 0 amide bonds. The lowest BCUT2D eigenvalue weighted by Crippen LogP contribution is -2.16. The third-order valence-corrected chi connectivity index (χ3v) is 1.30. The Bertz CT molecular complexity index is 57.1. The Labute approximate surface area is 42.9 Å². The van der Waals surface area contributed by atoms with Gasteiger partial charge in [-0.3, -0.25) is 0 Å². The first-order valence-electron chi connectivity index (χ1n) is 2.66. The van der Waals surface area contributed by atoms with Gasteiger partial charge in [-0.2, -0.15) is 0 Å². The van der Waals surface area contributed by atoms with E-state index in [2.05, 4.69) is 5.32 Å². The Kier molecular flexibility index (Phi) is 1.28. The van der Waals surface area contributed by atoms with E-state index in [9.17, 15) is 4.39 Å². The van der Waals surface area contributed by atoms with Crippen molar-refractivity contribution in [1.82, 2.24) is 5.32 Å². The van der Waals surface area contributed by atoms with Gasteiger partial charge in [-0.05, 0) is 13.3 Å². The number of hydrogen-bond acceptors (Lipinski definition) is 1. The molecular weight excluding hydrogens is 93.1 g/mol. The smallest absolute Gasteiger partial charge is 0.114 e. The van der Waals surface area contributed by atoms with Crippen LogP contribution < -0.4 is 5.32 Å². The van der Waals surface area contributed by atoms with Crippen LogP contribution in [0.4, 0.5) is 4.39 Å². The Balaban J connectivity index is 2.26. The van der Waals surface area contributed by atoms with E-state index in [1.54, 1.807) is 0 Å². The first-order chi connectivity index (χ1) is 3.29. The average Bonchev–Trinajstić information content (AvgIpc) is 1.87. The van der Waals surface area contributed by atoms with Gasteiger partial charge in [-0.1, -0.05) is 0 Å². The predicted molar refractivity (Wildman–Crippen MR) is 27.0 cm³/mol. The van der Waals surface area contributed by atoms with Gasteiger partial charge in [0.15, 0.2) is 0 Å². The van der Waals surface area contributed by atoms with Crippen molar-refractivity contribution in [3.8, 4) is 0 Å². The van der Waals surface area contributed by atoms with Gasteiger partial charge in [-0.25, -0.2) is 4.39 Å². The van der Waals surface area contributed by atoms with Gasteiger partial charge in [0.25, 0.3) is 0 Å². The van der Waals surface area contributed by atoms with Crippen LogP contribution in [0.2, 0.25) is 0 Å². The monoisotopic (exact) mass is 103 g/mol. The van der Waals surface area contributed by atoms with E-state index in [1.165, 1.54) is 0 Å². The van der Waals surface area contributed by atoms with Crippen LogP contribution in [0, 0.1) is 0 Å². The lowest BCUT2D eigenvalue weighted by Gasteiger charge is -1.94. The molecule has 1 N–H and O–H groups in total. The first kappa shape index (κ1) is 5.04. The van der Waals surface area contributed by atoms with E-state index >= 15 is 0 Å². The molecule has 1 rings (SSSR count). The highest BCUT2D eigenvalue weighted by Gasteiger charge is 2.18. The van der Waals surface area contributed by atoms with Gasteiger partial charge in [-0.15, -0.1) is 0 Å². The van der Waals surface area contributed by atoms with Crippen molar-refractivity contribution in [2.45, 2.75) is 25.6 Å². The van der Waals surface area contributed by atoms with Crippen LogP contribution in [0.25, 0.3) is 0 Å². The molecule has 0 bridgehead atoms. The third-order valence-electron chi connectivity index (χ3n) is 1.30. The van der Waals surface area contributed by atoms with Crippen LogP contribution in [0.15, 0.2) is 0 Å². The summed E-state index contributed by atoms with van der Waals surface area (Å²) in [5.41, 5.74) is 0. The average molecular weight is 103 g/mol. The number of nitrogens with one attached hydrogen (secondary N) is 1. The molecule has 0 unspecified atom stereocenters. The molecule has 42 valence electrons. The molecule has 0 spiro atoms. The normalized spacial score (nSPS) is 42.0. The van der Waals surface area contributed by atoms with Crippen LogP contribution in [0.5, 0.6) is 0 Å². The summed E-state index contributed by atoms with van der Waals surface area (Å²) in [6, 6.07) is 0.398. The summed E-state index contributed by atoms with van der Waals surface area (Å²) in [6.45, 7) is 2.56. The van der Waals surface area contributed by atoms with Gasteiger partial charge in [0.1, 0.15) is 6.17 Å². The van der Waals surface area contributed by atoms with E-state index in [-0.39, 0.29) is 0 Å². The van der Waals surface area contributed by atoms with Crippen molar-refractivity contribution >= 4 is 0 Å². The molecule has 0 aromatic carbocycles. The van der Waals surface area contributed by atoms with Crippen LogP contribution in [-0.2, 0) is 0 Å². The van der Waals surface area contributed by atoms with Crippen molar-refractivity contribution in [2.75, 3.05) is 6.54 Å². The van der Waals surface area contributed by atoms with E-state index in [1.807, 2.05) is 6.92 Å². The molecule has 2 heteroatoms. The summed E-state index contributed by atoms with van der Waals surface area (Å²) in [5, 5.41) is 2.99. The summed E-state index contributed by atoms with van der Waals surface area (Å²) >= 11 is 0. The molecule has 1 fully saturated rings. The second-order valence-electron chi connectivity index (χ2n) is 2.14. The largest absolute Gasteiger partial charge is 0.311 e. The Morgan fingerprint density at radius 3 is 2.57 bits per heavy atom. The SMILES string of the molecule is C[C@H]1C[C@@H](F)CN1. The van der Waals surface area contributed by atoms with Crippen molar-refractivity contribution in [1.29, 1.82) is 0 Å². The maximum Gasteiger partial charge on any atom is 0.114 e. The number of hydrogen-bond donors (Lipinski definition) is 1. The summed E-state index contributed by atoms with van der Waals surface area (Å²) in [5.74, 6) is 0. The second-order valence-corrected chi connectivity index (χ2v) is 2.14. The molecule has 0 aliphatic carbocycles. The van der Waals surface area contributed by atoms with Crippen molar-refractivity contribution in [2.24, 2.45) is 0 Å². The maximum atomic E-state index is 12.1. The topological polar surface area (TPSA) is 12.0 Å². The number of alkyl halides is 1. The quantitative estimate of drug-likeness (QED) is 0.476. The molecule has 2 atom stereocenters. The van der Waals surface area contributed by atoms with Gasteiger partial charge < -0.3 is 5.32 Å². The van der Waals surface area contributed by atoms with Gasteiger partial charge >= 0.3 is 0 Å². The maximum absolute atomic E-state index is 12.1. The standard InChI is InChI=1S/C5H10FN/c1-4-2-5(6)3-7-4/h4-5,7H,2-3H2,1H3/t4-,5+/m0/s1. The lowest BCUT2D eigenvalue weighted by atomic mass is 10.2. The highest BCUT2D eigenvalue weighted by molar-refractivity contribution is 4.76. The van der Waals surface area contributed by atoms with E-state index in [0.717, 1.165) is 0 Å². The van der Waals surface area contributed by atoms with E-state index < -0.39 is 6.17 Å². The van der Waals surface area contributed by atoms with Crippen LogP contribution >= 0.6 is 0 Å². The Hall–Kier alpha value is -0.110. The van der Waals surface area contributed by atoms with Gasteiger partial charge in [0, 0.05) is 12.6 Å². The highest BCUT2D eigenvalue weighted by atomic mass is 19.1. The van der Waals surface area contributed by atoms with Gasteiger partial charge in [0.05, 0.1) is 0 Å². The summed E-state index contributed by atoms with van der Waals surface area (Å²) in [4.78, 5) is 0. The molecule has 7 heavy (non-hydrogen) atoms. The zero-order valence-corrected chi connectivity index (χ0v) is 4.45. The molecule has 1 aliphatic rings. The summed E-state index contributed by atoms with van der Waals surface area (Å²) in [6.07, 6.45) is 0.106. The molecule has 0 aromatic heterocycles. The lowest BCUT2D eigenvalue weighted by molar-refractivity contribution is 0.357. The molecule has 0 saturated carbocycles. The minimum atomic E-state index is -0.588. The number of halogens is 1. The molecule has 1 heterocycles. The van der Waals surface area contributed by atoms with E-state index in [4.69, 9.17) is 0 Å². The van der Waals surface area contributed by atoms with Crippen LogP contribution in [0.1, 0.15) is 13.3 Å². The molecular formula is C5H10FN. The van der Waals surface area contributed by atoms with Crippen LogP contribution in [-0.4, -0.2) is 18.8 Å². The van der Waals surface area contributed by atoms with Crippen LogP contribution in [0.3, 0.4) is 0 Å². The molecule has 1 nitrogen and oxygen atoms in total. The molecule has 0 aromatic rings. The molecule has 1 saturated heterocycles. The number of rotatable bonds is 0. The zero-order chi connectivity index (χ0) is 5.28. The fourth-order valence-corrected chi connectivity index (χ4v) is 0.879. The minimum absolute atomic E-state index is 0.398. The van der Waals surface area contributed by atoms with Crippen molar-refractivity contribution in [3.63, 3.8) is 0 Å². The molecule has 1 aliphatic heterocycles. The fraction of sp³-hybridized carbons (Fsp3) is 1.00. The zero-order valence-electron chi connectivity index (χ0n) is 4.45. The second kappa shape index (κ2) is 1.78. The summed E-state index contributed by atoms with van der Waals surface area (Å²) in [7, 11) is 0. The Morgan fingerprint density at radius 1 is 1.71 bits per heavy atom. The van der Waals surface area contributed by atoms with Crippen molar-refractivity contribution in [3.05, 3.63) is 0 Å². The summed E-state index contributed by atoms with van der Waals surface area (Å²) < 4.78 is 12.1. The van der Waals surface area contributed by atoms with Gasteiger partial charge in [0.2, 0.25) is 0 Å². The molecule has 0 radical (unpaired) electrons. The predicted octanol–water partition coefficient (Wildman–Crippen LogP) is 0.706. The fourth-order valence-electron chi connectivity index (χ4n) is 0.879. The highest BCUT2D eigenvalue weighted by Crippen LogP contribution is 2.07. The minimum Gasteiger partial charge on any atom is -0.311 e. The Morgan fingerprint density at radius 2 is 2.43 bits per heavy atom. The first-order valence-corrected chi connectivity index (χ1v) is 2.66.